The van der Waals surface area contributed by atoms with Crippen LogP contribution >= 0.6 is 0 Å². The lowest BCUT2D eigenvalue weighted by molar-refractivity contribution is -0.125. The molecule has 0 spiro atoms. The molecule has 22 heavy (non-hydrogen) atoms. The molecule has 1 fully saturated rings. The first-order valence-electron chi connectivity index (χ1n) is 8.57. The van der Waals surface area contributed by atoms with Crippen LogP contribution in [0, 0.1) is 0 Å². The number of nitrogens with zero attached hydrogens (tertiary/aromatic N) is 1. The van der Waals surface area contributed by atoms with Crippen LogP contribution in [0.1, 0.15) is 54.4 Å². The average Bonchev–Trinajstić information content (AvgIpc) is 2.65. The van der Waals surface area contributed by atoms with Crippen molar-refractivity contribution in [3.8, 4) is 0 Å². The quantitative estimate of drug-likeness (QED) is 0.672. The maximum absolute atomic E-state index is 12.5. The fourth-order valence-corrected chi connectivity index (χ4v) is 6.17. The molecule has 0 N–H and O–H groups in total. The minimum absolute atomic E-state index is 0.183. The highest BCUT2D eigenvalue weighted by Crippen LogP contribution is 2.43. The van der Waals surface area contributed by atoms with Crippen LogP contribution in [0.4, 0.5) is 0 Å². The van der Waals surface area contributed by atoms with E-state index in [1.54, 1.807) is 0 Å². The van der Waals surface area contributed by atoms with Crippen LogP contribution in [0.25, 0.3) is 0 Å². The van der Waals surface area contributed by atoms with Crippen LogP contribution < -0.4 is 0 Å². The summed E-state index contributed by atoms with van der Waals surface area (Å²) in [5, 5.41) is 0.402. The molecule has 0 aromatic rings. The standard InChI is InChI=1S/C17H37NO2Si2/c1-16(2,3)21(7,8)18-14(11-12-15(18)19)13-20-22(9,10)17(4,5)6/h14H,11-13H2,1-10H3. The molecular weight excluding hydrogens is 306 g/mol. The zero-order chi connectivity index (χ0) is 17.6. The minimum atomic E-state index is -1.82. The summed E-state index contributed by atoms with van der Waals surface area (Å²) in [5.41, 5.74) is 0. The minimum Gasteiger partial charge on any atom is -0.415 e. The summed E-state index contributed by atoms with van der Waals surface area (Å²) in [6.45, 7) is 23.6. The molecule has 3 nitrogen and oxygen atoms in total. The lowest BCUT2D eigenvalue weighted by Crippen LogP contribution is -2.60. The van der Waals surface area contributed by atoms with Crippen LogP contribution in [-0.2, 0) is 9.22 Å². The van der Waals surface area contributed by atoms with Crippen LogP contribution in [0.2, 0.25) is 36.3 Å². The highest BCUT2D eigenvalue weighted by Gasteiger charge is 2.49. The topological polar surface area (TPSA) is 29.5 Å². The predicted octanol–water partition coefficient (Wildman–Crippen LogP) is 5.00. The van der Waals surface area contributed by atoms with Crippen molar-refractivity contribution in [2.45, 2.75) is 96.7 Å². The van der Waals surface area contributed by atoms with E-state index in [-0.39, 0.29) is 16.1 Å². The molecule has 0 radical (unpaired) electrons. The Labute approximate surface area is 140 Å². The van der Waals surface area contributed by atoms with Gasteiger partial charge >= 0.3 is 0 Å². The molecule has 1 rings (SSSR count). The van der Waals surface area contributed by atoms with E-state index in [9.17, 15) is 4.79 Å². The van der Waals surface area contributed by atoms with Gasteiger partial charge in [0.1, 0.15) is 0 Å². The van der Waals surface area contributed by atoms with E-state index >= 15 is 0 Å². The fraction of sp³-hybridized carbons (Fsp3) is 0.941. The molecule has 1 unspecified atom stereocenters. The number of hydrogen-bond acceptors (Lipinski definition) is 2. The second-order valence-electron chi connectivity index (χ2n) is 9.84. The molecular formula is C17H37NO2Si2. The van der Waals surface area contributed by atoms with Crippen LogP contribution in [0.15, 0.2) is 0 Å². The maximum atomic E-state index is 12.5. The van der Waals surface area contributed by atoms with Crippen molar-refractivity contribution in [1.29, 1.82) is 0 Å². The fourth-order valence-electron chi connectivity index (χ4n) is 2.55. The van der Waals surface area contributed by atoms with Crippen molar-refractivity contribution in [2.75, 3.05) is 6.61 Å². The Morgan fingerprint density at radius 2 is 1.55 bits per heavy atom. The molecule has 1 amide bonds. The molecule has 0 saturated carbocycles. The van der Waals surface area contributed by atoms with Crippen LogP contribution in [0.5, 0.6) is 0 Å². The van der Waals surface area contributed by atoms with Gasteiger partial charge in [0.05, 0.1) is 6.61 Å². The first kappa shape index (κ1) is 19.9. The third-order valence-corrected chi connectivity index (χ3v) is 16.2. The van der Waals surface area contributed by atoms with Gasteiger partial charge in [-0.25, -0.2) is 0 Å². The zero-order valence-electron chi connectivity index (χ0n) is 16.5. The van der Waals surface area contributed by atoms with Crippen molar-refractivity contribution >= 4 is 22.5 Å². The number of carbonyl (C=O) groups is 1. The molecule has 0 aromatic heterocycles. The second-order valence-corrected chi connectivity index (χ2v) is 19.7. The van der Waals surface area contributed by atoms with Gasteiger partial charge < -0.3 is 8.99 Å². The molecule has 1 aliphatic heterocycles. The Bertz CT molecular complexity index is 419. The monoisotopic (exact) mass is 343 g/mol. The Kier molecular flexibility index (Phi) is 5.48. The van der Waals surface area contributed by atoms with Crippen molar-refractivity contribution in [3.05, 3.63) is 0 Å². The average molecular weight is 344 g/mol. The number of amides is 1. The van der Waals surface area contributed by atoms with Gasteiger partial charge in [0.15, 0.2) is 16.6 Å². The first-order valence-corrected chi connectivity index (χ1v) is 14.4. The summed E-state index contributed by atoms with van der Waals surface area (Å²) in [4.78, 5) is 12.5. The van der Waals surface area contributed by atoms with Gasteiger partial charge in [-0.15, -0.1) is 0 Å². The van der Waals surface area contributed by atoms with Gasteiger partial charge in [-0.05, 0) is 29.6 Å². The predicted molar refractivity (Wildman–Crippen MR) is 100 cm³/mol. The summed E-state index contributed by atoms with van der Waals surface area (Å²) >= 11 is 0. The zero-order valence-corrected chi connectivity index (χ0v) is 18.5. The van der Waals surface area contributed by atoms with E-state index in [0.29, 0.717) is 12.3 Å². The smallest absolute Gasteiger partial charge is 0.215 e. The van der Waals surface area contributed by atoms with E-state index in [4.69, 9.17) is 4.43 Å². The Hall–Kier alpha value is -0.136. The number of hydrogen-bond donors (Lipinski definition) is 0. The molecule has 1 saturated heterocycles. The van der Waals surface area contributed by atoms with Crippen molar-refractivity contribution in [1.82, 2.24) is 4.57 Å². The van der Waals surface area contributed by atoms with Gasteiger partial charge in [0, 0.05) is 12.5 Å². The van der Waals surface area contributed by atoms with E-state index in [2.05, 4.69) is 72.3 Å². The van der Waals surface area contributed by atoms with Crippen molar-refractivity contribution in [3.63, 3.8) is 0 Å². The summed E-state index contributed by atoms with van der Waals surface area (Å²) in [7, 11) is -3.57. The Morgan fingerprint density at radius 3 is 1.95 bits per heavy atom. The summed E-state index contributed by atoms with van der Waals surface area (Å²) < 4.78 is 8.68. The lowest BCUT2D eigenvalue weighted by Gasteiger charge is -2.47. The second kappa shape index (κ2) is 6.06. The molecule has 1 atom stereocenters. The lowest BCUT2D eigenvalue weighted by atomic mass is 10.2. The Balaban J connectivity index is 2.90. The molecule has 1 aliphatic rings. The van der Waals surface area contributed by atoms with Gasteiger partial charge in [-0.3, -0.25) is 4.79 Å². The third-order valence-electron chi connectivity index (χ3n) is 6.21. The first-order chi connectivity index (χ1) is 9.61. The number of carbonyl (C=O) groups excluding carboxylic acids is 1. The molecule has 0 bridgehead atoms. The highest BCUT2D eigenvalue weighted by molar-refractivity contribution is 6.79. The normalized spacial score (nSPS) is 21.6. The van der Waals surface area contributed by atoms with Crippen LogP contribution in [-0.4, -0.2) is 39.7 Å². The highest BCUT2D eigenvalue weighted by atomic mass is 28.4. The van der Waals surface area contributed by atoms with Gasteiger partial charge in [0.25, 0.3) is 0 Å². The molecule has 1 heterocycles. The molecule has 5 heteroatoms. The summed E-state index contributed by atoms with van der Waals surface area (Å²) in [6.07, 6.45) is 1.65. The summed E-state index contributed by atoms with van der Waals surface area (Å²) in [5.74, 6) is 0.343. The van der Waals surface area contributed by atoms with Gasteiger partial charge in [-0.1, -0.05) is 54.6 Å². The van der Waals surface area contributed by atoms with E-state index in [1.807, 2.05) is 0 Å². The van der Waals surface area contributed by atoms with Crippen molar-refractivity contribution < 1.29 is 9.22 Å². The number of rotatable bonds is 4. The Morgan fingerprint density at radius 1 is 1.05 bits per heavy atom. The molecule has 0 aromatic carbocycles. The van der Waals surface area contributed by atoms with Crippen molar-refractivity contribution in [2.24, 2.45) is 0 Å². The van der Waals surface area contributed by atoms with E-state index < -0.39 is 16.6 Å². The van der Waals surface area contributed by atoms with Gasteiger partial charge in [0.2, 0.25) is 5.91 Å². The van der Waals surface area contributed by atoms with Crippen LogP contribution in [0.3, 0.4) is 0 Å². The largest absolute Gasteiger partial charge is 0.415 e. The SMILES string of the molecule is CC(C)(C)[Si](C)(C)OCC1CCC(=O)N1[Si](C)(C)C(C)(C)C. The maximum Gasteiger partial charge on any atom is 0.215 e. The van der Waals surface area contributed by atoms with Gasteiger partial charge in [-0.2, -0.15) is 0 Å². The molecule has 130 valence electrons. The van der Waals surface area contributed by atoms with E-state index in [0.717, 1.165) is 13.0 Å². The summed E-state index contributed by atoms with van der Waals surface area (Å²) in [6, 6.07) is 0.280. The third kappa shape index (κ3) is 3.85. The van der Waals surface area contributed by atoms with E-state index in [1.165, 1.54) is 0 Å². The molecule has 0 aliphatic carbocycles.